The standard InChI is InChI=1S/C13H22N2O2/c1-2-3-7-14(11-12-16)9-10-15-8-5-4-6-13(15)17/h4-6,8,16H,2-3,7,9-12H2,1H3. The quantitative estimate of drug-likeness (QED) is 0.733. The molecule has 1 heterocycles. The van der Waals surface area contributed by atoms with E-state index in [0.29, 0.717) is 13.1 Å². The van der Waals surface area contributed by atoms with Crippen molar-refractivity contribution in [2.75, 3.05) is 26.2 Å². The summed E-state index contributed by atoms with van der Waals surface area (Å²) in [5.74, 6) is 0. The first-order valence-corrected chi connectivity index (χ1v) is 6.26. The molecule has 0 bridgehead atoms. The summed E-state index contributed by atoms with van der Waals surface area (Å²) in [6, 6.07) is 5.19. The van der Waals surface area contributed by atoms with Gasteiger partial charge in [-0.2, -0.15) is 0 Å². The van der Waals surface area contributed by atoms with Gasteiger partial charge in [0.25, 0.3) is 5.56 Å². The van der Waals surface area contributed by atoms with Gasteiger partial charge < -0.3 is 9.67 Å². The number of hydrogen-bond donors (Lipinski definition) is 1. The van der Waals surface area contributed by atoms with E-state index in [1.54, 1.807) is 22.9 Å². The molecule has 0 aliphatic carbocycles. The Morgan fingerprint density at radius 2 is 2.12 bits per heavy atom. The summed E-state index contributed by atoms with van der Waals surface area (Å²) in [4.78, 5) is 13.7. The molecule has 0 aromatic carbocycles. The van der Waals surface area contributed by atoms with E-state index in [9.17, 15) is 4.79 Å². The van der Waals surface area contributed by atoms with Crippen LogP contribution in [0, 0.1) is 0 Å². The second-order valence-corrected chi connectivity index (χ2v) is 4.15. The molecule has 0 fully saturated rings. The summed E-state index contributed by atoms with van der Waals surface area (Å²) in [5.41, 5.74) is 0.0342. The molecule has 4 nitrogen and oxygen atoms in total. The zero-order chi connectivity index (χ0) is 12.5. The smallest absolute Gasteiger partial charge is 0.250 e. The lowest BCUT2D eigenvalue weighted by atomic mass is 10.3. The molecule has 1 aromatic heterocycles. The molecule has 0 aliphatic rings. The second kappa shape index (κ2) is 8.03. The molecule has 1 aromatic rings. The lowest BCUT2D eigenvalue weighted by Gasteiger charge is -2.21. The minimum atomic E-state index is 0.0342. The molecule has 96 valence electrons. The predicted octanol–water partition coefficient (Wildman–Crippen LogP) is 0.943. The molecule has 0 radical (unpaired) electrons. The van der Waals surface area contributed by atoms with E-state index in [0.717, 1.165) is 25.9 Å². The van der Waals surface area contributed by atoms with Crippen LogP contribution >= 0.6 is 0 Å². The Labute approximate surface area is 102 Å². The van der Waals surface area contributed by atoms with Crippen molar-refractivity contribution in [1.29, 1.82) is 0 Å². The molecule has 17 heavy (non-hydrogen) atoms. The fraction of sp³-hybridized carbons (Fsp3) is 0.615. The number of aliphatic hydroxyl groups excluding tert-OH is 1. The molecule has 1 rings (SSSR count). The van der Waals surface area contributed by atoms with Crippen molar-refractivity contribution in [3.63, 3.8) is 0 Å². The maximum Gasteiger partial charge on any atom is 0.250 e. The first kappa shape index (κ1) is 13.9. The third-order valence-corrected chi connectivity index (χ3v) is 2.80. The summed E-state index contributed by atoms with van der Waals surface area (Å²) in [6.45, 7) is 5.49. The van der Waals surface area contributed by atoms with Gasteiger partial charge in [-0.3, -0.25) is 9.69 Å². The molecule has 0 unspecified atom stereocenters. The Morgan fingerprint density at radius 1 is 1.29 bits per heavy atom. The molecule has 1 N–H and O–H groups in total. The number of aliphatic hydroxyl groups is 1. The van der Waals surface area contributed by atoms with Gasteiger partial charge in [0, 0.05) is 31.9 Å². The van der Waals surface area contributed by atoms with Crippen molar-refractivity contribution >= 4 is 0 Å². The summed E-state index contributed by atoms with van der Waals surface area (Å²) >= 11 is 0. The van der Waals surface area contributed by atoms with Crippen LogP contribution in [0.3, 0.4) is 0 Å². The number of pyridine rings is 1. The third-order valence-electron chi connectivity index (χ3n) is 2.80. The van der Waals surface area contributed by atoms with Crippen molar-refractivity contribution in [1.82, 2.24) is 9.47 Å². The van der Waals surface area contributed by atoms with Gasteiger partial charge in [0.1, 0.15) is 0 Å². The van der Waals surface area contributed by atoms with Crippen molar-refractivity contribution in [3.8, 4) is 0 Å². The average molecular weight is 238 g/mol. The molecule has 0 saturated carbocycles. The van der Waals surface area contributed by atoms with E-state index >= 15 is 0 Å². The van der Waals surface area contributed by atoms with Crippen LogP contribution in [0.5, 0.6) is 0 Å². The Morgan fingerprint density at radius 3 is 2.76 bits per heavy atom. The van der Waals surface area contributed by atoms with Gasteiger partial charge in [0.2, 0.25) is 0 Å². The Balaban J connectivity index is 2.45. The number of rotatable bonds is 8. The van der Waals surface area contributed by atoms with E-state index in [2.05, 4.69) is 11.8 Å². The molecule has 0 spiro atoms. The molecule has 0 atom stereocenters. The summed E-state index contributed by atoms with van der Waals surface area (Å²) in [6.07, 6.45) is 4.08. The highest BCUT2D eigenvalue weighted by molar-refractivity contribution is 4.93. The van der Waals surface area contributed by atoms with Gasteiger partial charge in [0.15, 0.2) is 0 Å². The second-order valence-electron chi connectivity index (χ2n) is 4.15. The number of aromatic nitrogens is 1. The van der Waals surface area contributed by atoms with Crippen molar-refractivity contribution in [2.45, 2.75) is 26.3 Å². The van der Waals surface area contributed by atoms with E-state index in [-0.39, 0.29) is 12.2 Å². The van der Waals surface area contributed by atoms with Gasteiger partial charge in [-0.1, -0.05) is 19.4 Å². The van der Waals surface area contributed by atoms with Crippen LogP contribution in [0.2, 0.25) is 0 Å². The van der Waals surface area contributed by atoms with Crippen LogP contribution in [0.4, 0.5) is 0 Å². The minimum absolute atomic E-state index is 0.0342. The predicted molar refractivity (Wildman–Crippen MR) is 69.1 cm³/mol. The van der Waals surface area contributed by atoms with E-state index in [1.807, 2.05) is 6.07 Å². The van der Waals surface area contributed by atoms with Gasteiger partial charge in [-0.15, -0.1) is 0 Å². The normalized spacial score (nSPS) is 11.0. The first-order valence-electron chi connectivity index (χ1n) is 6.26. The number of hydrogen-bond acceptors (Lipinski definition) is 3. The van der Waals surface area contributed by atoms with Gasteiger partial charge in [0.05, 0.1) is 6.61 Å². The van der Waals surface area contributed by atoms with E-state index in [1.165, 1.54) is 0 Å². The molecule has 0 amide bonds. The molecular formula is C13H22N2O2. The highest BCUT2D eigenvalue weighted by atomic mass is 16.3. The Hall–Kier alpha value is -1.13. The van der Waals surface area contributed by atoms with Crippen LogP contribution in [0.25, 0.3) is 0 Å². The zero-order valence-electron chi connectivity index (χ0n) is 10.5. The largest absolute Gasteiger partial charge is 0.395 e. The van der Waals surface area contributed by atoms with Crippen LogP contribution in [0.1, 0.15) is 19.8 Å². The van der Waals surface area contributed by atoms with Crippen LogP contribution in [-0.4, -0.2) is 40.8 Å². The van der Waals surface area contributed by atoms with Crippen LogP contribution in [0.15, 0.2) is 29.2 Å². The molecule has 0 saturated heterocycles. The highest BCUT2D eigenvalue weighted by Crippen LogP contribution is 1.95. The Bertz CT molecular complexity index is 362. The topological polar surface area (TPSA) is 45.5 Å². The van der Waals surface area contributed by atoms with Gasteiger partial charge in [-0.25, -0.2) is 0 Å². The highest BCUT2D eigenvalue weighted by Gasteiger charge is 2.04. The van der Waals surface area contributed by atoms with Crippen molar-refractivity contribution in [2.24, 2.45) is 0 Å². The van der Waals surface area contributed by atoms with Crippen LogP contribution in [-0.2, 0) is 6.54 Å². The fourth-order valence-electron chi connectivity index (χ4n) is 1.75. The maximum absolute atomic E-state index is 11.5. The zero-order valence-corrected chi connectivity index (χ0v) is 10.5. The Kier molecular flexibility index (Phi) is 6.58. The lowest BCUT2D eigenvalue weighted by molar-refractivity contribution is 0.189. The number of unbranched alkanes of at least 4 members (excludes halogenated alkanes) is 1. The monoisotopic (exact) mass is 238 g/mol. The SMILES string of the molecule is CCCCN(CCO)CCn1ccccc1=O. The van der Waals surface area contributed by atoms with Gasteiger partial charge in [-0.05, 0) is 19.0 Å². The summed E-state index contributed by atoms with van der Waals surface area (Å²) in [5, 5.41) is 8.98. The summed E-state index contributed by atoms with van der Waals surface area (Å²) in [7, 11) is 0. The maximum atomic E-state index is 11.5. The molecule has 4 heteroatoms. The molecule has 0 aliphatic heterocycles. The minimum Gasteiger partial charge on any atom is -0.395 e. The lowest BCUT2D eigenvalue weighted by Crippen LogP contribution is -2.33. The van der Waals surface area contributed by atoms with Crippen LogP contribution < -0.4 is 5.56 Å². The third kappa shape index (κ3) is 5.15. The van der Waals surface area contributed by atoms with E-state index in [4.69, 9.17) is 5.11 Å². The van der Waals surface area contributed by atoms with Crippen molar-refractivity contribution in [3.05, 3.63) is 34.7 Å². The van der Waals surface area contributed by atoms with Gasteiger partial charge >= 0.3 is 0 Å². The average Bonchev–Trinajstić information content (AvgIpc) is 2.34. The number of nitrogens with zero attached hydrogens (tertiary/aromatic N) is 2. The fourth-order valence-corrected chi connectivity index (χ4v) is 1.75. The summed E-state index contributed by atoms with van der Waals surface area (Å²) < 4.78 is 1.70. The van der Waals surface area contributed by atoms with E-state index < -0.39 is 0 Å². The molecular weight excluding hydrogens is 216 g/mol. The van der Waals surface area contributed by atoms with Crippen molar-refractivity contribution < 1.29 is 5.11 Å². The first-order chi connectivity index (χ1) is 8.27.